The fourth-order valence-electron chi connectivity index (χ4n) is 1.95. The van der Waals surface area contributed by atoms with Crippen molar-refractivity contribution in [2.45, 2.75) is 0 Å². The zero-order valence-electron chi connectivity index (χ0n) is 11.0. The molecule has 0 radical (unpaired) electrons. The molecule has 2 aromatic carbocycles. The summed E-state index contributed by atoms with van der Waals surface area (Å²) < 4.78 is 5.13. The van der Waals surface area contributed by atoms with Crippen LogP contribution in [0.2, 0.25) is 0 Å². The van der Waals surface area contributed by atoms with Gasteiger partial charge in [-0.25, -0.2) is 4.98 Å². The lowest BCUT2D eigenvalue weighted by Gasteiger charge is -1.99. The highest BCUT2D eigenvalue weighted by molar-refractivity contribution is 5.64. The van der Waals surface area contributed by atoms with Gasteiger partial charge < -0.3 is 10.5 Å². The molecule has 0 atom stereocenters. The third kappa shape index (κ3) is 2.33. The summed E-state index contributed by atoms with van der Waals surface area (Å²) >= 11 is 0. The minimum atomic E-state index is 0.644. The molecular formula is C15H14N4O. The standard InChI is InChI=1S/C15H14N4O/c1-20-13-7-5-10(6-8-13)14-17-15(19-18-14)11-3-2-4-12(16)9-11/h2-9H,16H2,1H3,(H,17,18,19). The van der Waals surface area contributed by atoms with Crippen LogP contribution in [0.1, 0.15) is 0 Å². The minimum absolute atomic E-state index is 0.644. The van der Waals surface area contributed by atoms with E-state index in [1.807, 2.05) is 48.5 Å². The van der Waals surface area contributed by atoms with E-state index in [9.17, 15) is 0 Å². The summed E-state index contributed by atoms with van der Waals surface area (Å²) in [5.41, 5.74) is 8.31. The Kier molecular flexibility index (Phi) is 3.09. The van der Waals surface area contributed by atoms with Gasteiger partial charge in [0.25, 0.3) is 0 Å². The largest absolute Gasteiger partial charge is 0.497 e. The Morgan fingerprint density at radius 2 is 1.85 bits per heavy atom. The number of ether oxygens (including phenoxy) is 1. The Morgan fingerprint density at radius 3 is 2.55 bits per heavy atom. The average Bonchev–Trinajstić information content (AvgIpc) is 2.97. The van der Waals surface area contributed by atoms with E-state index in [-0.39, 0.29) is 0 Å². The van der Waals surface area contributed by atoms with Gasteiger partial charge >= 0.3 is 0 Å². The summed E-state index contributed by atoms with van der Waals surface area (Å²) in [5, 5.41) is 7.16. The van der Waals surface area contributed by atoms with Crippen LogP contribution in [0.5, 0.6) is 5.75 Å². The number of H-pyrrole nitrogens is 1. The number of aromatic amines is 1. The first-order chi connectivity index (χ1) is 9.76. The van der Waals surface area contributed by atoms with Crippen LogP contribution in [-0.2, 0) is 0 Å². The molecule has 1 aromatic heterocycles. The number of methoxy groups -OCH3 is 1. The molecule has 20 heavy (non-hydrogen) atoms. The van der Waals surface area contributed by atoms with Crippen LogP contribution in [-0.4, -0.2) is 22.3 Å². The zero-order chi connectivity index (χ0) is 13.9. The van der Waals surface area contributed by atoms with Crippen molar-refractivity contribution in [3.63, 3.8) is 0 Å². The number of hydrogen-bond acceptors (Lipinski definition) is 4. The van der Waals surface area contributed by atoms with Gasteiger partial charge in [0.15, 0.2) is 11.6 Å². The van der Waals surface area contributed by atoms with Crippen molar-refractivity contribution < 1.29 is 4.74 Å². The second kappa shape index (κ2) is 5.05. The number of anilines is 1. The van der Waals surface area contributed by atoms with Crippen LogP contribution in [0.25, 0.3) is 22.8 Å². The molecular weight excluding hydrogens is 252 g/mol. The molecule has 0 bridgehead atoms. The molecule has 5 nitrogen and oxygen atoms in total. The molecule has 0 spiro atoms. The molecule has 0 unspecified atom stereocenters. The predicted octanol–water partition coefficient (Wildman–Crippen LogP) is 2.73. The first kappa shape index (κ1) is 12.2. The number of nitrogens with zero attached hydrogens (tertiary/aromatic N) is 2. The van der Waals surface area contributed by atoms with Crippen LogP contribution in [0, 0.1) is 0 Å². The highest BCUT2D eigenvalue weighted by Gasteiger charge is 2.08. The predicted molar refractivity (Wildman–Crippen MR) is 78.2 cm³/mol. The van der Waals surface area contributed by atoms with E-state index >= 15 is 0 Å². The van der Waals surface area contributed by atoms with Gasteiger partial charge in [0.1, 0.15) is 5.75 Å². The van der Waals surface area contributed by atoms with Crippen molar-refractivity contribution in [2.75, 3.05) is 12.8 Å². The van der Waals surface area contributed by atoms with Gasteiger partial charge in [0, 0.05) is 16.8 Å². The summed E-state index contributed by atoms with van der Waals surface area (Å²) in [5.74, 6) is 2.15. The molecule has 0 fully saturated rings. The molecule has 100 valence electrons. The van der Waals surface area contributed by atoms with E-state index in [2.05, 4.69) is 15.2 Å². The Morgan fingerprint density at radius 1 is 1.05 bits per heavy atom. The number of aromatic nitrogens is 3. The molecule has 3 aromatic rings. The maximum atomic E-state index is 5.77. The van der Waals surface area contributed by atoms with E-state index < -0.39 is 0 Å². The number of nitrogen functional groups attached to an aromatic ring is 1. The number of hydrogen-bond donors (Lipinski definition) is 2. The molecule has 0 saturated carbocycles. The van der Waals surface area contributed by atoms with E-state index in [1.54, 1.807) is 7.11 Å². The number of rotatable bonds is 3. The van der Waals surface area contributed by atoms with Gasteiger partial charge in [0.2, 0.25) is 0 Å². The van der Waals surface area contributed by atoms with E-state index in [4.69, 9.17) is 10.5 Å². The molecule has 0 amide bonds. The van der Waals surface area contributed by atoms with Crippen LogP contribution in [0.15, 0.2) is 48.5 Å². The normalized spacial score (nSPS) is 10.4. The van der Waals surface area contributed by atoms with Gasteiger partial charge in [-0.2, -0.15) is 5.10 Å². The van der Waals surface area contributed by atoms with Crippen molar-refractivity contribution in [1.29, 1.82) is 0 Å². The lowest BCUT2D eigenvalue weighted by Crippen LogP contribution is -1.86. The second-order valence-electron chi connectivity index (χ2n) is 4.36. The second-order valence-corrected chi connectivity index (χ2v) is 4.36. The third-order valence-corrected chi connectivity index (χ3v) is 2.99. The van der Waals surface area contributed by atoms with Crippen molar-refractivity contribution in [2.24, 2.45) is 0 Å². The molecule has 1 heterocycles. The Bertz CT molecular complexity index is 719. The number of benzene rings is 2. The minimum Gasteiger partial charge on any atom is -0.497 e. The van der Waals surface area contributed by atoms with Crippen LogP contribution >= 0.6 is 0 Å². The van der Waals surface area contributed by atoms with Gasteiger partial charge in [0.05, 0.1) is 7.11 Å². The van der Waals surface area contributed by atoms with Crippen molar-refractivity contribution >= 4 is 5.69 Å². The molecule has 3 N–H and O–H groups in total. The lowest BCUT2D eigenvalue weighted by atomic mass is 10.2. The highest BCUT2D eigenvalue weighted by Crippen LogP contribution is 2.22. The topological polar surface area (TPSA) is 76.8 Å². The third-order valence-electron chi connectivity index (χ3n) is 2.99. The maximum Gasteiger partial charge on any atom is 0.181 e. The first-order valence-corrected chi connectivity index (χ1v) is 6.19. The smallest absolute Gasteiger partial charge is 0.181 e. The van der Waals surface area contributed by atoms with E-state index in [0.717, 1.165) is 16.9 Å². The molecule has 5 heteroatoms. The van der Waals surface area contributed by atoms with Crippen LogP contribution in [0.4, 0.5) is 5.69 Å². The number of nitrogens with one attached hydrogen (secondary N) is 1. The quantitative estimate of drug-likeness (QED) is 0.715. The van der Waals surface area contributed by atoms with Gasteiger partial charge in [-0.05, 0) is 36.4 Å². The Hall–Kier alpha value is -2.82. The van der Waals surface area contributed by atoms with Gasteiger partial charge in [-0.15, -0.1) is 0 Å². The fraction of sp³-hybridized carbons (Fsp3) is 0.0667. The summed E-state index contributed by atoms with van der Waals surface area (Å²) in [6.07, 6.45) is 0. The average molecular weight is 266 g/mol. The summed E-state index contributed by atoms with van der Waals surface area (Å²) in [4.78, 5) is 4.48. The van der Waals surface area contributed by atoms with Crippen LogP contribution in [0.3, 0.4) is 0 Å². The maximum absolute atomic E-state index is 5.77. The summed E-state index contributed by atoms with van der Waals surface area (Å²) in [6.45, 7) is 0. The van der Waals surface area contributed by atoms with E-state index in [1.165, 1.54) is 0 Å². The molecule has 0 aliphatic rings. The Labute approximate surface area is 116 Å². The monoisotopic (exact) mass is 266 g/mol. The first-order valence-electron chi connectivity index (χ1n) is 6.19. The fourth-order valence-corrected chi connectivity index (χ4v) is 1.95. The molecule has 3 rings (SSSR count). The highest BCUT2D eigenvalue weighted by atomic mass is 16.5. The summed E-state index contributed by atoms with van der Waals surface area (Å²) in [7, 11) is 1.64. The van der Waals surface area contributed by atoms with Crippen molar-refractivity contribution in [1.82, 2.24) is 15.2 Å². The zero-order valence-corrected chi connectivity index (χ0v) is 11.0. The Balaban J connectivity index is 1.93. The number of nitrogens with two attached hydrogens (primary N) is 1. The SMILES string of the molecule is COc1ccc(-c2n[nH]c(-c3cccc(N)c3)n2)cc1. The van der Waals surface area contributed by atoms with Crippen molar-refractivity contribution in [3.8, 4) is 28.5 Å². The molecule has 0 saturated heterocycles. The van der Waals surface area contributed by atoms with Crippen LogP contribution < -0.4 is 10.5 Å². The van der Waals surface area contributed by atoms with Crippen molar-refractivity contribution in [3.05, 3.63) is 48.5 Å². The van der Waals surface area contributed by atoms with Gasteiger partial charge in [-0.3, -0.25) is 5.10 Å². The molecule has 0 aliphatic carbocycles. The van der Waals surface area contributed by atoms with Gasteiger partial charge in [-0.1, -0.05) is 12.1 Å². The molecule has 0 aliphatic heterocycles. The summed E-state index contributed by atoms with van der Waals surface area (Å²) in [6, 6.07) is 15.1. The lowest BCUT2D eigenvalue weighted by molar-refractivity contribution is 0.415. The van der Waals surface area contributed by atoms with E-state index in [0.29, 0.717) is 17.3 Å².